The van der Waals surface area contributed by atoms with Crippen LogP contribution < -0.4 is 0 Å². The Bertz CT molecular complexity index is 837. The first-order valence-corrected chi connectivity index (χ1v) is 8.58. The fourth-order valence-electron chi connectivity index (χ4n) is 3.42. The van der Waals surface area contributed by atoms with Crippen LogP contribution in [-0.2, 0) is 0 Å². The molecule has 3 aromatic rings. The highest BCUT2D eigenvalue weighted by Crippen LogP contribution is 2.39. The summed E-state index contributed by atoms with van der Waals surface area (Å²) in [4.78, 5) is 4.98. The molecule has 0 spiro atoms. The Balaban J connectivity index is 2.06. The molecule has 4 rings (SSSR count). The third-order valence-corrected chi connectivity index (χ3v) is 5.48. The Morgan fingerprint density at radius 2 is 1.71 bits per heavy atom. The van der Waals surface area contributed by atoms with Crippen molar-refractivity contribution in [2.24, 2.45) is 0 Å². The molecule has 0 bridgehead atoms. The van der Waals surface area contributed by atoms with E-state index in [1.165, 1.54) is 36.5 Å². The second-order valence-corrected chi connectivity index (χ2v) is 7.07. The summed E-state index contributed by atoms with van der Waals surface area (Å²) in [6.07, 6.45) is 5.10. The van der Waals surface area contributed by atoms with Crippen LogP contribution in [0.15, 0.2) is 40.9 Å². The van der Waals surface area contributed by atoms with Gasteiger partial charge in [0.05, 0.1) is 10.5 Å². The van der Waals surface area contributed by atoms with Crippen LogP contribution in [-0.4, -0.2) is 4.98 Å². The van der Waals surface area contributed by atoms with Crippen molar-refractivity contribution in [3.8, 4) is 0 Å². The number of pyridine rings is 1. The van der Waals surface area contributed by atoms with Gasteiger partial charge in [-0.2, -0.15) is 0 Å². The first-order valence-electron chi connectivity index (χ1n) is 7.41. The van der Waals surface area contributed by atoms with E-state index >= 15 is 0 Å². The van der Waals surface area contributed by atoms with Gasteiger partial charge in [0.15, 0.2) is 0 Å². The quantitative estimate of drug-likeness (QED) is 0.454. The van der Waals surface area contributed by atoms with E-state index in [4.69, 9.17) is 16.6 Å². The van der Waals surface area contributed by atoms with Gasteiger partial charge in [-0.25, -0.2) is 0 Å². The van der Waals surface area contributed by atoms with Crippen molar-refractivity contribution in [3.63, 3.8) is 0 Å². The minimum atomic E-state index is 0.578. The minimum absolute atomic E-state index is 0.578. The zero-order chi connectivity index (χ0) is 14.4. The van der Waals surface area contributed by atoms with Crippen LogP contribution in [0.1, 0.15) is 37.3 Å². The summed E-state index contributed by atoms with van der Waals surface area (Å²) in [7, 11) is 0. The highest BCUT2D eigenvalue weighted by atomic mass is 79.9. The molecule has 106 valence electrons. The van der Waals surface area contributed by atoms with Gasteiger partial charge in [-0.15, -0.1) is 0 Å². The normalized spacial score (nSPS) is 16.1. The highest BCUT2D eigenvalue weighted by molar-refractivity contribution is 9.10. The Labute approximate surface area is 137 Å². The molecule has 1 heterocycles. The lowest BCUT2D eigenvalue weighted by atomic mass is 10.0. The van der Waals surface area contributed by atoms with E-state index in [2.05, 4.69) is 52.3 Å². The lowest BCUT2D eigenvalue weighted by Crippen LogP contribution is -1.97. The summed E-state index contributed by atoms with van der Waals surface area (Å²) in [5, 5.41) is 4.21. The average molecular weight is 361 g/mol. The van der Waals surface area contributed by atoms with Crippen LogP contribution in [0, 0.1) is 0 Å². The summed E-state index contributed by atoms with van der Waals surface area (Å²) >= 11 is 10.2. The van der Waals surface area contributed by atoms with E-state index in [9.17, 15) is 0 Å². The number of benzene rings is 2. The maximum Gasteiger partial charge on any atom is 0.0799 e. The predicted octanol–water partition coefficient (Wildman–Crippen LogP) is 6.46. The Kier molecular flexibility index (Phi) is 3.39. The second kappa shape index (κ2) is 5.26. The number of aromatic nitrogens is 1. The monoisotopic (exact) mass is 359 g/mol. The number of rotatable bonds is 1. The third kappa shape index (κ3) is 2.25. The molecule has 0 amide bonds. The number of nitrogens with zero attached hydrogens (tertiary/aromatic N) is 1. The Morgan fingerprint density at radius 3 is 2.48 bits per heavy atom. The molecule has 2 aromatic carbocycles. The molecule has 1 nitrogen and oxygen atoms in total. The van der Waals surface area contributed by atoms with Gasteiger partial charge < -0.3 is 0 Å². The molecule has 0 aliphatic heterocycles. The average Bonchev–Trinajstić information content (AvgIpc) is 3.03. The largest absolute Gasteiger partial charge is 0.252 e. The molecule has 1 aliphatic rings. The van der Waals surface area contributed by atoms with Gasteiger partial charge in [0.2, 0.25) is 0 Å². The van der Waals surface area contributed by atoms with Gasteiger partial charge >= 0.3 is 0 Å². The summed E-state index contributed by atoms with van der Waals surface area (Å²) < 4.78 is 1.07. The van der Waals surface area contributed by atoms with Crippen molar-refractivity contribution >= 4 is 49.2 Å². The molecule has 1 aliphatic carbocycles. The molecule has 0 saturated heterocycles. The Morgan fingerprint density at radius 1 is 1.00 bits per heavy atom. The lowest BCUT2D eigenvalue weighted by Gasteiger charge is -2.13. The van der Waals surface area contributed by atoms with Crippen LogP contribution in [0.2, 0.25) is 5.02 Å². The van der Waals surface area contributed by atoms with Crippen molar-refractivity contribution in [1.82, 2.24) is 4.98 Å². The van der Waals surface area contributed by atoms with Gasteiger partial charge in [-0.3, -0.25) is 4.98 Å². The molecule has 0 radical (unpaired) electrons. The third-order valence-electron chi connectivity index (χ3n) is 4.51. The fourth-order valence-corrected chi connectivity index (χ4v) is 4.25. The smallest absolute Gasteiger partial charge is 0.0799 e. The predicted molar refractivity (Wildman–Crippen MR) is 93.2 cm³/mol. The van der Waals surface area contributed by atoms with Gasteiger partial charge in [0, 0.05) is 26.9 Å². The molecule has 0 atom stereocenters. The summed E-state index contributed by atoms with van der Waals surface area (Å²) in [5.41, 5.74) is 2.20. The van der Waals surface area contributed by atoms with E-state index in [0.29, 0.717) is 5.92 Å². The maximum atomic E-state index is 6.55. The summed E-state index contributed by atoms with van der Waals surface area (Å²) in [6.45, 7) is 0. The van der Waals surface area contributed by atoms with Crippen molar-refractivity contribution < 1.29 is 0 Å². The number of hydrogen-bond donors (Lipinski definition) is 0. The molecule has 21 heavy (non-hydrogen) atoms. The zero-order valence-electron chi connectivity index (χ0n) is 11.6. The van der Waals surface area contributed by atoms with Crippen molar-refractivity contribution in [3.05, 3.63) is 51.6 Å². The molecule has 1 aromatic heterocycles. The van der Waals surface area contributed by atoms with Gasteiger partial charge in [0.25, 0.3) is 0 Å². The molecular weight excluding hydrogens is 346 g/mol. The van der Waals surface area contributed by atoms with Gasteiger partial charge in [0.1, 0.15) is 0 Å². The second-order valence-electron chi connectivity index (χ2n) is 5.81. The number of hydrogen-bond acceptors (Lipinski definition) is 1. The number of halogens is 2. The topological polar surface area (TPSA) is 12.9 Å². The minimum Gasteiger partial charge on any atom is -0.252 e. The highest BCUT2D eigenvalue weighted by Gasteiger charge is 2.20. The summed E-state index contributed by atoms with van der Waals surface area (Å²) in [6, 6.07) is 12.5. The van der Waals surface area contributed by atoms with Crippen LogP contribution in [0.5, 0.6) is 0 Å². The van der Waals surface area contributed by atoms with Crippen molar-refractivity contribution in [2.75, 3.05) is 0 Å². The maximum absolute atomic E-state index is 6.55. The van der Waals surface area contributed by atoms with E-state index in [1.54, 1.807) is 0 Å². The SMILES string of the molecule is Clc1cc(C2CCCC2)nc2c1cc(Br)c1ccccc12. The lowest BCUT2D eigenvalue weighted by molar-refractivity contribution is 0.701. The standard InChI is InChI=1S/C18H15BrClN/c19-15-9-14-16(20)10-17(11-5-1-2-6-11)21-18(14)13-8-4-3-7-12(13)15/h3-4,7-11H,1-2,5-6H2. The van der Waals surface area contributed by atoms with Gasteiger partial charge in [-0.1, -0.05) is 64.6 Å². The molecule has 1 fully saturated rings. The van der Waals surface area contributed by atoms with Crippen molar-refractivity contribution in [2.45, 2.75) is 31.6 Å². The van der Waals surface area contributed by atoms with E-state index in [-0.39, 0.29) is 0 Å². The molecule has 1 saturated carbocycles. The Hall–Kier alpha value is -1.12. The first kappa shape index (κ1) is 13.5. The zero-order valence-corrected chi connectivity index (χ0v) is 13.9. The molecule has 3 heteroatoms. The van der Waals surface area contributed by atoms with Crippen LogP contribution in [0.3, 0.4) is 0 Å². The van der Waals surface area contributed by atoms with Crippen LogP contribution in [0.25, 0.3) is 21.7 Å². The van der Waals surface area contributed by atoms with E-state index in [1.807, 2.05) is 0 Å². The molecular formula is C18H15BrClN. The van der Waals surface area contributed by atoms with E-state index < -0.39 is 0 Å². The van der Waals surface area contributed by atoms with Gasteiger partial charge in [-0.05, 0) is 30.4 Å². The van der Waals surface area contributed by atoms with Crippen molar-refractivity contribution in [1.29, 1.82) is 0 Å². The number of fused-ring (bicyclic) bond motifs is 3. The fraction of sp³-hybridized carbons (Fsp3) is 0.278. The first-order chi connectivity index (χ1) is 10.2. The van der Waals surface area contributed by atoms with E-state index in [0.717, 1.165) is 26.1 Å². The molecule has 0 unspecified atom stereocenters. The summed E-state index contributed by atoms with van der Waals surface area (Å²) in [5.74, 6) is 0.578. The van der Waals surface area contributed by atoms with Crippen LogP contribution in [0.4, 0.5) is 0 Å². The molecule has 0 N–H and O–H groups in total. The van der Waals surface area contributed by atoms with Crippen LogP contribution >= 0.6 is 27.5 Å².